The van der Waals surface area contributed by atoms with E-state index in [0.29, 0.717) is 12.2 Å². The Bertz CT molecular complexity index is 566. The quantitative estimate of drug-likeness (QED) is 0.833. The molecule has 2 aromatic rings. The summed E-state index contributed by atoms with van der Waals surface area (Å²) in [5.74, 6) is -0.273. The predicted octanol–water partition coefficient (Wildman–Crippen LogP) is 4.04. The van der Waals surface area contributed by atoms with Crippen LogP contribution in [-0.2, 0) is 4.74 Å². The Morgan fingerprint density at radius 3 is 2.45 bits per heavy atom. The zero-order chi connectivity index (χ0) is 14.4. The fourth-order valence-electron chi connectivity index (χ4n) is 2.13. The lowest BCUT2D eigenvalue weighted by Crippen LogP contribution is -2.14. The SMILES string of the molecule is CCOC(=O)c1ccccc1[C@H](C)Nc1ccccc1. The van der Waals surface area contributed by atoms with Crippen LogP contribution in [0.3, 0.4) is 0 Å². The summed E-state index contributed by atoms with van der Waals surface area (Å²) in [6.07, 6.45) is 0. The minimum Gasteiger partial charge on any atom is -0.462 e. The Labute approximate surface area is 119 Å². The molecule has 0 radical (unpaired) electrons. The lowest BCUT2D eigenvalue weighted by molar-refractivity contribution is 0.0524. The van der Waals surface area contributed by atoms with Crippen LogP contribution < -0.4 is 5.32 Å². The second-order valence-electron chi connectivity index (χ2n) is 4.54. The van der Waals surface area contributed by atoms with Crippen molar-refractivity contribution in [1.29, 1.82) is 0 Å². The van der Waals surface area contributed by atoms with Gasteiger partial charge in [-0.1, -0.05) is 36.4 Å². The molecule has 0 fully saturated rings. The molecule has 0 saturated carbocycles. The zero-order valence-corrected chi connectivity index (χ0v) is 11.8. The molecule has 0 aliphatic rings. The number of rotatable bonds is 5. The number of esters is 1. The fraction of sp³-hybridized carbons (Fsp3) is 0.235. The Hall–Kier alpha value is -2.29. The summed E-state index contributed by atoms with van der Waals surface area (Å²) >= 11 is 0. The minimum absolute atomic E-state index is 0.0259. The van der Waals surface area contributed by atoms with Gasteiger partial charge in [-0.25, -0.2) is 4.79 Å². The first-order valence-corrected chi connectivity index (χ1v) is 6.80. The monoisotopic (exact) mass is 269 g/mol. The summed E-state index contributed by atoms with van der Waals surface area (Å²) in [6, 6.07) is 17.5. The molecule has 0 amide bonds. The molecule has 2 aromatic carbocycles. The fourth-order valence-corrected chi connectivity index (χ4v) is 2.13. The molecule has 0 saturated heterocycles. The van der Waals surface area contributed by atoms with E-state index in [-0.39, 0.29) is 12.0 Å². The number of hydrogen-bond donors (Lipinski definition) is 1. The van der Waals surface area contributed by atoms with Crippen LogP contribution in [0.15, 0.2) is 54.6 Å². The van der Waals surface area contributed by atoms with Crippen LogP contribution in [0.1, 0.15) is 35.8 Å². The molecule has 1 N–H and O–H groups in total. The van der Waals surface area contributed by atoms with Gasteiger partial charge in [-0.05, 0) is 37.6 Å². The van der Waals surface area contributed by atoms with Gasteiger partial charge in [0.2, 0.25) is 0 Å². The van der Waals surface area contributed by atoms with Crippen molar-refractivity contribution in [3.8, 4) is 0 Å². The zero-order valence-electron chi connectivity index (χ0n) is 11.8. The van der Waals surface area contributed by atoms with Crippen molar-refractivity contribution in [2.24, 2.45) is 0 Å². The van der Waals surface area contributed by atoms with Crippen LogP contribution in [0, 0.1) is 0 Å². The van der Waals surface area contributed by atoms with Crippen molar-refractivity contribution in [2.45, 2.75) is 19.9 Å². The third kappa shape index (κ3) is 3.38. The van der Waals surface area contributed by atoms with E-state index in [9.17, 15) is 4.79 Å². The minimum atomic E-state index is -0.273. The number of ether oxygens (including phenoxy) is 1. The van der Waals surface area contributed by atoms with Gasteiger partial charge in [0.25, 0.3) is 0 Å². The first-order valence-electron chi connectivity index (χ1n) is 6.80. The molecular formula is C17H19NO2. The van der Waals surface area contributed by atoms with E-state index in [1.807, 2.05) is 62.4 Å². The van der Waals surface area contributed by atoms with Crippen molar-refractivity contribution in [3.05, 3.63) is 65.7 Å². The van der Waals surface area contributed by atoms with Crippen LogP contribution in [0.25, 0.3) is 0 Å². The molecule has 0 unspecified atom stereocenters. The van der Waals surface area contributed by atoms with Gasteiger partial charge in [0, 0.05) is 11.7 Å². The van der Waals surface area contributed by atoms with Gasteiger partial charge >= 0.3 is 5.97 Å². The lowest BCUT2D eigenvalue weighted by atomic mass is 10.0. The molecule has 1 atom stereocenters. The van der Waals surface area contributed by atoms with Crippen LogP contribution >= 0.6 is 0 Å². The van der Waals surface area contributed by atoms with Crippen LogP contribution in [0.4, 0.5) is 5.69 Å². The largest absolute Gasteiger partial charge is 0.462 e. The van der Waals surface area contributed by atoms with Crippen molar-refractivity contribution in [1.82, 2.24) is 0 Å². The first-order chi connectivity index (χ1) is 9.72. The average Bonchev–Trinajstić information content (AvgIpc) is 2.48. The van der Waals surface area contributed by atoms with Gasteiger partial charge in [-0.2, -0.15) is 0 Å². The summed E-state index contributed by atoms with van der Waals surface area (Å²) in [7, 11) is 0. The Balaban J connectivity index is 2.21. The molecule has 2 rings (SSSR count). The average molecular weight is 269 g/mol. The predicted molar refractivity (Wildman–Crippen MR) is 80.9 cm³/mol. The topological polar surface area (TPSA) is 38.3 Å². The Kier molecular flexibility index (Phi) is 4.77. The van der Waals surface area contributed by atoms with E-state index in [2.05, 4.69) is 5.32 Å². The van der Waals surface area contributed by atoms with Crippen molar-refractivity contribution >= 4 is 11.7 Å². The van der Waals surface area contributed by atoms with E-state index >= 15 is 0 Å². The molecule has 3 nitrogen and oxygen atoms in total. The maximum absolute atomic E-state index is 12.0. The number of carbonyl (C=O) groups is 1. The molecule has 0 aliphatic carbocycles. The normalized spacial score (nSPS) is 11.7. The second kappa shape index (κ2) is 6.75. The molecule has 0 spiro atoms. The van der Waals surface area contributed by atoms with Crippen molar-refractivity contribution in [2.75, 3.05) is 11.9 Å². The van der Waals surface area contributed by atoms with Gasteiger partial charge in [0.05, 0.1) is 12.2 Å². The maximum atomic E-state index is 12.0. The van der Waals surface area contributed by atoms with Crippen LogP contribution in [0.5, 0.6) is 0 Å². The van der Waals surface area contributed by atoms with Crippen LogP contribution in [-0.4, -0.2) is 12.6 Å². The van der Waals surface area contributed by atoms with Gasteiger partial charge in [0.15, 0.2) is 0 Å². The number of carbonyl (C=O) groups excluding carboxylic acids is 1. The Morgan fingerprint density at radius 2 is 1.75 bits per heavy atom. The summed E-state index contributed by atoms with van der Waals surface area (Å²) < 4.78 is 5.10. The molecular weight excluding hydrogens is 250 g/mol. The second-order valence-corrected chi connectivity index (χ2v) is 4.54. The first kappa shape index (κ1) is 14.1. The van der Waals surface area contributed by atoms with E-state index in [0.717, 1.165) is 11.3 Å². The standard InChI is InChI=1S/C17H19NO2/c1-3-20-17(19)16-12-8-7-11-15(16)13(2)18-14-9-5-4-6-10-14/h4-13,18H,3H2,1-2H3/t13-/m0/s1. The van der Waals surface area contributed by atoms with Crippen LogP contribution in [0.2, 0.25) is 0 Å². The Morgan fingerprint density at radius 1 is 1.10 bits per heavy atom. The van der Waals surface area contributed by atoms with Gasteiger partial charge in [-0.3, -0.25) is 0 Å². The molecule has 3 heteroatoms. The number of benzene rings is 2. The van der Waals surface area contributed by atoms with E-state index in [4.69, 9.17) is 4.74 Å². The number of anilines is 1. The van der Waals surface area contributed by atoms with Crippen molar-refractivity contribution in [3.63, 3.8) is 0 Å². The highest BCUT2D eigenvalue weighted by molar-refractivity contribution is 5.91. The highest BCUT2D eigenvalue weighted by atomic mass is 16.5. The smallest absolute Gasteiger partial charge is 0.338 e. The number of nitrogens with one attached hydrogen (secondary N) is 1. The lowest BCUT2D eigenvalue weighted by Gasteiger charge is -2.18. The van der Waals surface area contributed by atoms with Gasteiger partial charge in [0.1, 0.15) is 0 Å². The third-order valence-electron chi connectivity index (χ3n) is 3.08. The maximum Gasteiger partial charge on any atom is 0.338 e. The molecule has 20 heavy (non-hydrogen) atoms. The van der Waals surface area contributed by atoms with E-state index in [1.54, 1.807) is 6.07 Å². The molecule has 0 bridgehead atoms. The molecule has 0 aromatic heterocycles. The number of para-hydroxylation sites is 1. The third-order valence-corrected chi connectivity index (χ3v) is 3.08. The van der Waals surface area contributed by atoms with Gasteiger partial charge in [-0.15, -0.1) is 0 Å². The molecule has 104 valence electrons. The summed E-state index contributed by atoms with van der Waals surface area (Å²) in [6.45, 7) is 4.23. The summed E-state index contributed by atoms with van der Waals surface area (Å²) in [5.41, 5.74) is 2.58. The number of hydrogen-bond acceptors (Lipinski definition) is 3. The summed E-state index contributed by atoms with van der Waals surface area (Å²) in [5, 5.41) is 3.39. The molecule has 0 heterocycles. The highest BCUT2D eigenvalue weighted by Gasteiger charge is 2.16. The molecule has 0 aliphatic heterocycles. The van der Waals surface area contributed by atoms with E-state index < -0.39 is 0 Å². The highest BCUT2D eigenvalue weighted by Crippen LogP contribution is 2.22. The summed E-state index contributed by atoms with van der Waals surface area (Å²) in [4.78, 5) is 12.0. The van der Waals surface area contributed by atoms with E-state index in [1.165, 1.54) is 0 Å². The van der Waals surface area contributed by atoms with Crippen molar-refractivity contribution < 1.29 is 9.53 Å². The van der Waals surface area contributed by atoms with Gasteiger partial charge < -0.3 is 10.1 Å².